The van der Waals surface area contributed by atoms with Crippen LogP contribution in [0.3, 0.4) is 0 Å². The van der Waals surface area contributed by atoms with Crippen molar-refractivity contribution in [1.82, 2.24) is 5.32 Å². The fourth-order valence-electron chi connectivity index (χ4n) is 4.03. The van der Waals surface area contributed by atoms with Crippen molar-refractivity contribution in [2.75, 3.05) is 13.1 Å². The minimum atomic E-state index is -0.128. The van der Waals surface area contributed by atoms with Gasteiger partial charge in [-0.1, -0.05) is 27.2 Å². The Bertz CT molecular complexity index is 296. The first-order chi connectivity index (χ1) is 9.05. The minimum Gasteiger partial charge on any atom is -0.316 e. The van der Waals surface area contributed by atoms with E-state index in [9.17, 15) is 4.79 Å². The maximum Gasteiger partial charge on any atom is 0.141 e. The van der Waals surface area contributed by atoms with Gasteiger partial charge >= 0.3 is 0 Å². The number of ketones is 1. The summed E-state index contributed by atoms with van der Waals surface area (Å²) in [5, 5.41) is 3.46. The maximum atomic E-state index is 12.9. The molecule has 0 bridgehead atoms. The molecule has 1 aliphatic heterocycles. The Morgan fingerprint density at radius 1 is 1.16 bits per heavy atom. The molecule has 0 aromatic carbocycles. The van der Waals surface area contributed by atoms with Crippen LogP contribution in [0.5, 0.6) is 0 Å². The van der Waals surface area contributed by atoms with Crippen molar-refractivity contribution in [2.45, 2.75) is 65.7 Å². The molecule has 2 aliphatic rings. The number of piperidine rings is 1. The molecule has 0 radical (unpaired) electrons. The summed E-state index contributed by atoms with van der Waals surface area (Å²) >= 11 is 0. The Hall–Kier alpha value is -0.370. The van der Waals surface area contributed by atoms with E-state index in [1.165, 1.54) is 32.1 Å². The van der Waals surface area contributed by atoms with Crippen molar-refractivity contribution in [3.63, 3.8) is 0 Å². The fourth-order valence-corrected chi connectivity index (χ4v) is 4.03. The zero-order valence-electron chi connectivity index (χ0n) is 13.0. The van der Waals surface area contributed by atoms with Crippen molar-refractivity contribution in [3.8, 4) is 0 Å². The van der Waals surface area contributed by atoms with Gasteiger partial charge in [0.25, 0.3) is 0 Å². The lowest BCUT2D eigenvalue weighted by Crippen LogP contribution is -2.45. The van der Waals surface area contributed by atoms with E-state index in [0.717, 1.165) is 31.8 Å². The molecule has 2 fully saturated rings. The Morgan fingerprint density at radius 2 is 1.84 bits per heavy atom. The second-order valence-corrected chi connectivity index (χ2v) is 7.26. The zero-order valence-corrected chi connectivity index (χ0v) is 13.0. The van der Waals surface area contributed by atoms with Crippen molar-refractivity contribution >= 4 is 5.78 Å². The fraction of sp³-hybridized carbons (Fsp3) is 0.941. The third-order valence-electron chi connectivity index (χ3n) is 5.75. The molecule has 1 N–H and O–H groups in total. The van der Waals surface area contributed by atoms with Crippen LogP contribution in [0.1, 0.15) is 65.7 Å². The number of carbonyl (C=O) groups excluding carboxylic acids is 1. The molecule has 0 aromatic heterocycles. The largest absolute Gasteiger partial charge is 0.316 e. The van der Waals surface area contributed by atoms with Gasteiger partial charge in [0.15, 0.2) is 0 Å². The van der Waals surface area contributed by atoms with Crippen LogP contribution >= 0.6 is 0 Å². The van der Waals surface area contributed by atoms with Crippen molar-refractivity contribution in [1.29, 1.82) is 0 Å². The minimum absolute atomic E-state index is 0.128. The molecule has 1 unspecified atom stereocenters. The predicted molar refractivity (Wildman–Crippen MR) is 80.1 cm³/mol. The standard InChI is InChI=1S/C17H31NO/c1-4-13-7-9-14(10-8-13)16(19)17(2,3)15-6-5-11-18-12-15/h13-15,18H,4-12H2,1-3H3. The van der Waals surface area contributed by atoms with Crippen LogP contribution < -0.4 is 5.32 Å². The molecule has 2 nitrogen and oxygen atoms in total. The summed E-state index contributed by atoms with van der Waals surface area (Å²) in [6.07, 6.45) is 8.55. The molecule has 19 heavy (non-hydrogen) atoms. The Labute approximate surface area is 118 Å². The molecular formula is C17H31NO. The van der Waals surface area contributed by atoms with Gasteiger partial charge in [-0.05, 0) is 63.5 Å². The number of hydrogen-bond acceptors (Lipinski definition) is 2. The Balaban J connectivity index is 1.94. The van der Waals surface area contributed by atoms with Crippen LogP contribution in [-0.4, -0.2) is 18.9 Å². The van der Waals surface area contributed by atoms with E-state index in [2.05, 4.69) is 26.1 Å². The van der Waals surface area contributed by atoms with Gasteiger partial charge in [-0.3, -0.25) is 4.79 Å². The van der Waals surface area contributed by atoms with Gasteiger partial charge in [-0.2, -0.15) is 0 Å². The van der Waals surface area contributed by atoms with E-state index >= 15 is 0 Å². The molecule has 110 valence electrons. The van der Waals surface area contributed by atoms with Crippen LogP contribution in [0.25, 0.3) is 0 Å². The number of carbonyl (C=O) groups is 1. The zero-order chi connectivity index (χ0) is 13.9. The molecule has 0 amide bonds. The maximum absolute atomic E-state index is 12.9. The number of Topliss-reactive ketones (excluding diaryl/α,β-unsaturated/α-hetero) is 1. The summed E-state index contributed by atoms with van der Waals surface area (Å²) in [7, 11) is 0. The highest BCUT2D eigenvalue weighted by atomic mass is 16.1. The van der Waals surface area contributed by atoms with E-state index in [1.807, 2.05) is 0 Å². The number of nitrogens with one attached hydrogen (secondary N) is 1. The Morgan fingerprint density at radius 3 is 2.37 bits per heavy atom. The summed E-state index contributed by atoms with van der Waals surface area (Å²) in [6, 6.07) is 0. The van der Waals surface area contributed by atoms with Gasteiger partial charge in [0, 0.05) is 11.3 Å². The molecule has 1 saturated carbocycles. The first-order valence-electron chi connectivity index (χ1n) is 8.30. The average molecular weight is 265 g/mol. The highest BCUT2D eigenvalue weighted by Gasteiger charge is 2.41. The summed E-state index contributed by atoms with van der Waals surface area (Å²) in [5.41, 5.74) is -0.128. The van der Waals surface area contributed by atoms with Crippen LogP contribution in [0.15, 0.2) is 0 Å². The van der Waals surface area contributed by atoms with E-state index in [4.69, 9.17) is 0 Å². The molecule has 2 heteroatoms. The normalized spacial score (nSPS) is 33.1. The van der Waals surface area contributed by atoms with Crippen molar-refractivity contribution in [3.05, 3.63) is 0 Å². The number of rotatable bonds is 4. The molecule has 1 saturated heterocycles. The van der Waals surface area contributed by atoms with E-state index in [1.54, 1.807) is 0 Å². The SMILES string of the molecule is CCC1CCC(C(=O)C(C)(C)C2CCCNC2)CC1. The lowest BCUT2D eigenvalue weighted by molar-refractivity contribution is -0.135. The van der Waals surface area contributed by atoms with E-state index in [-0.39, 0.29) is 5.41 Å². The van der Waals surface area contributed by atoms with Gasteiger partial charge in [-0.15, -0.1) is 0 Å². The quantitative estimate of drug-likeness (QED) is 0.837. The molecule has 0 spiro atoms. The summed E-state index contributed by atoms with van der Waals surface area (Å²) in [6.45, 7) is 8.83. The molecule has 1 aliphatic carbocycles. The van der Waals surface area contributed by atoms with Gasteiger partial charge in [0.2, 0.25) is 0 Å². The Kier molecular flexibility index (Phi) is 5.05. The van der Waals surface area contributed by atoms with E-state index in [0.29, 0.717) is 17.6 Å². The average Bonchev–Trinajstić information content (AvgIpc) is 2.47. The van der Waals surface area contributed by atoms with Crippen LogP contribution in [0.2, 0.25) is 0 Å². The lowest BCUT2D eigenvalue weighted by atomic mass is 9.66. The summed E-state index contributed by atoms with van der Waals surface area (Å²) in [4.78, 5) is 12.9. The highest BCUT2D eigenvalue weighted by molar-refractivity contribution is 5.86. The summed E-state index contributed by atoms with van der Waals surface area (Å²) < 4.78 is 0. The third-order valence-corrected chi connectivity index (χ3v) is 5.75. The van der Waals surface area contributed by atoms with Crippen molar-refractivity contribution in [2.24, 2.45) is 23.2 Å². The van der Waals surface area contributed by atoms with Crippen molar-refractivity contribution < 1.29 is 4.79 Å². The van der Waals surface area contributed by atoms with Gasteiger partial charge in [0.05, 0.1) is 0 Å². The molecule has 1 heterocycles. The van der Waals surface area contributed by atoms with Gasteiger partial charge < -0.3 is 5.32 Å². The lowest BCUT2D eigenvalue weighted by Gasteiger charge is -2.39. The van der Waals surface area contributed by atoms with Crippen LogP contribution in [-0.2, 0) is 4.79 Å². The molecule has 1 atom stereocenters. The first kappa shape index (κ1) is 15.0. The monoisotopic (exact) mass is 265 g/mol. The summed E-state index contributed by atoms with van der Waals surface area (Å²) in [5.74, 6) is 2.32. The predicted octanol–water partition coefficient (Wildman–Crippen LogP) is 3.80. The van der Waals surface area contributed by atoms with Gasteiger partial charge in [0.1, 0.15) is 5.78 Å². The second-order valence-electron chi connectivity index (χ2n) is 7.26. The topological polar surface area (TPSA) is 29.1 Å². The van der Waals surface area contributed by atoms with Gasteiger partial charge in [-0.25, -0.2) is 0 Å². The van der Waals surface area contributed by atoms with E-state index < -0.39 is 0 Å². The molecule has 0 aromatic rings. The number of hydrogen-bond donors (Lipinski definition) is 1. The molecular weight excluding hydrogens is 234 g/mol. The first-order valence-corrected chi connectivity index (χ1v) is 8.30. The smallest absolute Gasteiger partial charge is 0.141 e. The molecule has 2 rings (SSSR count). The van der Waals surface area contributed by atoms with Crippen LogP contribution in [0.4, 0.5) is 0 Å². The third kappa shape index (κ3) is 3.39. The second kappa shape index (κ2) is 6.39. The van der Waals surface area contributed by atoms with Crippen LogP contribution in [0, 0.1) is 23.2 Å². The highest BCUT2D eigenvalue weighted by Crippen LogP contribution is 2.40.